The number of benzene rings is 2. The van der Waals surface area contributed by atoms with Gasteiger partial charge in [0.05, 0.1) is 11.3 Å². The summed E-state index contributed by atoms with van der Waals surface area (Å²) in [6, 6.07) is 11.2. The van der Waals surface area contributed by atoms with E-state index in [9.17, 15) is 14.0 Å². The smallest absolute Gasteiger partial charge is 0.411 e. The Morgan fingerprint density at radius 2 is 1.96 bits per heavy atom. The first-order valence-corrected chi connectivity index (χ1v) is 7.82. The number of carbonyl (C=O) groups is 2. The van der Waals surface area contributed by atoms with E-state index in [2.05, 4.69) is 5.32 Å². The van der Waals surface area contributed by atoms with Crippen molar-refractivity contribution in [1.82, 2.24) is 0 Å². The second kappa shape index (κ2) is 7.64. The van der Waals surface area contributed by atoms with Gasteiger partial charge in [0.15, 0.2) is 0 Å². The number of carboxylic acid groups (broad SMARTS) is 1. The maximum atomic E-state index is 13.6. The molecule has 2 rings (SSSR count). The van der Waals surface area contributed by atoms with Crippen molar-refractivity contribution in [3.8, 4) is 0 Å². The van der Waals surface area contributed by atoms with Crippen LogP contribution >= 0.6 is 11.8 Å². The highest BCUT2D eigenvalue weighted by molar-refractivity contribution is 7.98. The topological polar surface area (TPSA) is 75.6 Å². The lowest BCUT2D eigenvalue weighted by Crippen LogP contribution is -2.15. The number of carboxylic acids is 1. The normalized spacial score (nSPS) is 10.2. The van der Waals surface area contributed by atoms with Crippen molar-refractivity contribution in [1.29, 1.82) is 0 Å². The van der Waals surface area contributed by atoms with Gasteiger partial charge < -0.3 is 9.84 Å². The monoisotopic (exact) mass is 335 g/mol. The van der Waals surface area contributed by atoms with Gasteiger partial charge in [-0.15, -0.1) is 11.8 Å². The molecule has 2 aromatic rings. The molecule has 0 fully saturated rings. The highest BCUT2D eigenvalue weighted by Gasteiger charge is 2.16. The molecular weight excluding hydrogens is 321 g/mol. The van der Waals surface area contributed by atoms with Crippen LogP contribution in [0.1, 0.15) is 15.9 Å². The summed E-state index contributed by atoms with van der Waals surface area (Å²) in [6.45, 7) is 0.0776. The number of aromatic carboxylic acids is 1. The average molecular weight is 335 g/mol. The third kappa shape index (κ3) is 4.46. The van der Waals surface area contributed by atoms with Gasteiger partial charge in [0.25, 0.3) is 0 Å². The number of thioether (sulfide) groups is 1. The Bertz CT molecular complexity index is 722. The van der Waals surface area contributed by atoms with Crippen LogP contribution in [0.15, 0.2) is 47.4 Å². The number of halogens is 1. The van der Waals surface area contributed by atoms with Crippen molar-refractivity contribution in [2.24, 2.45) is 0 Å². The van der Waals surface area contributed by atoms with Gasteiger partial charge in [-0.25, -0.2) is 14.0 Å². The van der Waals surface area contributed by atoms with Crippen LogP contribution in [0.4, 0.5) is 14.9 Å². The quantitative estimate of drug-likeness (QED) is 0.808. The minimum absolute atomic E-state index is 0.0776. The molecule has 5 nitrogen and oxygen atoms in total. The molecule has 0 atom stereocenters. The van der Waals surface area contributed by atoms with E-state index < -0.39 is 23.4 Å². The zero-order chi connectivity index (χ0) is 16.8. The Hall–Kier alpha value is -2.54. The van der Waals surface area contributed by atoms with Gasteiger partial charge >= 0.3 is 12.1 Å². The number of rotatable bonds is 5. The maximum absolute atomic E-state index is 13.6. The predicted octanol–water partition coefficient (Wildman–Crippen LogP) is 3.99. The van der Waals surface area contributed by atoms with Crippen LogP contribution in [0.5, 0.6) is 0 Å². The molecule has 2 N–H and O–H groups in total. The SMILES string of the molecule is CSc1cc(F)c(C(=O)O)cc1NC(=O)OCc1ccccc1. The molecule has 23 heavy (non-hydrogen) atoms. The maximum Gasteiger partial charge on any atom is 0.411 e. The lowest BCUT2D eigenvalue weighted by molar-refractivity contribution is 0.0691. The first kappa shape index (κ1) is 16.8. The molecule has 0 spiro atoms. The van der Waals surface area contributed by atoms with E-state index in [4.69, 9.17) is 9.84 Å². The number of anilines is 1. The van der Waals surface area contributed by atoms with Crippen LogP contribution in [0.3, 0.4) is 0 Å². The molecule has 0 aliphatic carbocycles. The molecule has 7 heteroatoms. The van der Waals surface area contributed by atoms with Crippen molar-refractivity contribution < 1.29 is 23.8 Å². The lowest BCUT2D eigenvalue weighted by atomic mass is 10.2. The van der Waals surface area contributed by atoms with E-state index in [1.54, 1.807) is 18.4 Å². The van der Waals surface area contributed by atoms with E-state index in [1.807, 2.05) is 18.2 Å². The van der Waals surface area contributed by atoms with Crippen molar-refractivity contribution >= 4 is 29.5 Å². The molecule has 0 aliphatic heterocycles. The van der Waals surface area contributed by atoms with E-state index in [1.165, 1.54) is 11.8 Å². The minimum Gasteiger partial charge on any atom is -0.478 e. The summed E-state index contributed by atoms with van der Waals surface area (Å²) < 4.78 is 18.7. The van der Waals surface area contributed by atoms with Crippen LogP contribution < -0.4 is 5.32 Å². The Balaban J connectivity index is 2.10. The molecule has 0 saturated carbocycles. The van der Waals surface area contributed by atoms with E-state index in [-0.39, 0.29) is 12.3 Å². The molecule has 0 aliphatic rings. The fourth-order valence-corrected chi connectivity index (χ4v) is 2.41. The van der Waals surface area contributed by atoms with Crippen LogP contribution in [0.2, 0.25) is 0 Å². The zero-order valence-corrected chi connectivity index (χ0v) is 13.0. The van der Waals surface area contributed by atoms with Gasteiger partial charge in [-0.1, -0.05) is 30.3 Å². The molecule has 2 aromatic carbocycles. The van der Waals surface area contributed by atoms with Crippen LogP contribution in [0.25, 0.3) is 0 Å². The van der Waals surface area contributed by atoms with Gasteiger partial charge in [0.1, 0.15) is 12.4 Å². The summed E-state index contributed by atoms with van der Waals surface area (Å²) in [7, 11) is 0. The second-order valence-corrected chi connectivity index (χ2v) is 5.37. The summed E-state index contributed by atoms with van der Waals surface area (Å²) in [4.78, 5) is 23.2. The average Bonchev–Trinajstić information content (AvgIpc) is 2.55. The van der Waals surface area contributed by atoms with E-state index in [0.29, 0.717) is 4.90 Å². The van der Waals surface area contributed by atoms with Gasteiger partial charge in [-0.3, -0.25) is 5.32 Å². The Morgan fingerprint density at radius 1 is 1.26 bits per heavy atom. The third-order valence-corrected chi connectivity index (χ3v) is 3.75. The Labute approximate surface area is 136 Å². The van der Waals surface area contributed by atoms with Gasteiger partial charge in [0, 0.05) is 4.90 Å². The minimum atomic E-state index is -1.41. The highest BCUT2D eigenvalue weighted by atomic mass is 32.2. The Kier molecular flexibility index (Phi) is 5.59. The largest absolute Gasteiger partial charge is 0.478 e. The molecule has 1 amide bonds. The van der Waals surface area contributed by atoms with E-state index >= 15 is 0 Å². The van der Waals surface area contributed by atoms with Crippen molar-refractivity contribution in [3.63, 3.8) is 0 Å². The fraction of sp³-hybridized carbons (Fsp3) is 0.125. The number of hydrogen-bond acceptors (Lipinski definition) is 4. The van der Waals surface area contributed by atoms with Crippen molar-refractivity contribution in [2.45, 2.75) is 11.5 Å². The lowest BCUT2D eigenvalue weighted by Gasteiger charge is -2.11. The van der Waals surface area contributed by atoms with Gasteiger partial charge in [-0.2, -0.15) is 0 Å². The third-order valence-electron chi connectivity index (χ3n) is 2.97. The molecule has 0 radical (unpaired) electrons. The van der Waals surface area contributed by atoms with Crippen LogP contribution in [-0.2, 0) is 11.3 Å². The molecule has 0 unspecified atom stereocenters. The van der Waals surface area contributed by atoms with Crippen molar-refractivity contribution in [3.05, 3.63) is 59.4 Å². The molecule has 0 aromatic heterocycles. The first-order chi connectivity index (χ1) is 11.0. The van der Waals surface area contributed by atoms with Gasteiger partial charge in [0.2, 0.25) is 0 Å². The number of nitrogens with one attached hydrogen (secondary N) is 1. The highest BCUT2D eigenvalue weighted by Crippen LogP contribution is 2.28. The van der Waals surface area contributed by atoms with Crippen LogP contribution in [0, 0.1) is 5.82 Å². The first-order valence-electron chi connectivity index (χ1n) is 6.59. The van der Waals surface area contributed by atoms with Gasteiger partial charge in [-0.05, 0) is 24.0 Å². The van der Waals surface area contributed by atoms with Crippen molar-refractivity contribution in [2.75, 3.05) is 11.6 Å². The molecular formula is C16H14FNO4S. The number of hydrogen-bond donors (Lipinski definition) is 2. The molecule has 0 heterocycles. The summed E-state index contributed by atoms with van der Waals surface area (Å²) in [6.07, 6.45) is 0.947. The molecule has 0 bridgehead atoms. The summed E-state index contributed by atoms with van der Waals surface area (Å²) in [5, 5.41) is 11.4. The number of ether oxygens (including phenoxy) is 1. The second-order valence-electron chi connectivity index (χ2n) is 4.52. The number of carbonyl (C=O) groups excluding carboxylic acids is 1. The standard InChI is InChI=1S/C16H14FNO4S/c1-23-14-8-12(17)11(15(19)20)7-13(14)18-16(21)22-9-10-5-3-2-4-6-10/h2-8H,9H2,1H3,(H,18,21)(H,19,20). The van der Waals surface area contributed by atoms with E-state index in [0.717, 1.165) is 17.7 Å². The summed E-state index contributed by atoms with van der Waals surface area (Å²) >= 11 is 1.18. The number of amides is 1. The van der Waals surface area contributed by atoms with Crippen LogP contribution in [-0.4, -0.2) is 23.4 Å². The molecule has 0 saturated heterocycles. The fourth-order valence-electron chi connectivity index (χ4n) is 1.85. The Morgan fingerprint density at radius 3 is 2.57 bits per heavy atom. The summed E-state index contributed by atoms with van der Waals surface area (Å²) in [5.74, 6) is -2.26. The predicted molar refractivity (Wildman–Crippen MR) is 85.4 cm³/mol. The molecule has 120 valence electrons. The summed E-state index contributed by atoms with van der Waals surface area (Å²) in [5.41, 5.74) is 0.494. The zero-order valence-electron chi connectivity index (χ0n) is 12.2.